The quantitative estimate of drug-likeness (QED) is 0.471. The van der Waals surface area contributed by atoms with Gasteiger partial charge in [-0.1, -0.05) is 19.1 Å². The average molecular weight is 402 g/mol. The van der Waals surface area contributed by atoms with Crippen LogP contribution in [0.3, 0.4) is 0 Å². The van der Waals surface area contributed by atoms with Gasteiger partial charge in [0.15, 0.2) is 12.4 Å². The molecule has 0 radical (unpaired) electrons. The molecule has 1 aromatic heterocycles. The van der Waals surface area contributed by atoms with E-state index in [1.54, 1.807) is 24.3 Å². The molecule has 3 nitrogen and oxygen atoms in total. The van der Waals surface area contributed by atoms with Crippen molar-refractivity contribution in [1.29, 1.82) is 0 Å². The van der Waals surface area contributed by atoms with Crippen LogP contribution in [0.15, 0.2) is 41.6 Å². The highest BCUT2D eigenvalue weighted by Gasteiger charge is 2.73. The van der Waals surface area contributed by atoms with Gasteiger partial charge >= 0.3 is 18.0 Å². The predicted molar refractivity (Wildman–Crippen MR) is 81.4 cm³/mol. The Balaban J connectivity index is 2.15. The molecule has 0 atom stereocenters. The van der Waals surface area contributed by atoms with E-state index in [-0.39, 0.29) is 5.75 Å². The standard InChI is InChI=1S/C15H13F7N2OS/c1-2-26-12-6-4-3-5-11(12)24-8-10(7-23-24)25-9-13(16,17)14(18,19)15(20,21)22/h3-8H,2,9H2,1H3. The molecule has 26 heavy (non-hydrogen) atoms. The summed E-state index contributed by atoms with van der Waals surface area (Å²) in [6.45, 7) is -0.224. The van der Waals surface area contributed by atoms with Gasteiger partial charge in [0, 0.05) is 4.90 Å². The Labute approximate surface area is 148 Å². The zero-order valence-corrected chi connectivity index (χ0v) is 14.1. The van der Waals surface area contributed by atoms with E-state index in [9.17, 15) is 30.7 Å². The molecule has 0 aliphatic rings. The Morgan fingerprint density at radius 2 is 1.73 bits per heavy atom. The summed E-state index contributed by atoms with van der Waals surface area (Å²) in [6.07, 6.45) is -4.31. The van der Waals surface area contributed by atoms with Crippen LogP contribution in [0.4, 0.5) is 30.7 Å². The molecule has 0 amide bonds. The number of benzene rings is 1. The summed E-state index contributed by atoms with van der Waals surface area (Å²) in [7, 11) is 0. The van der Waals surface area contributed by atoms with Crippen LogP contribution in [0.25, 0.3) is 5.69 Å². The lowest BCUT2D eigenvalue weighted by Gasteiger charge is -2.27. The smallest absolute Gasteiger partial charge is 0.460 e. The van der Waals surface area contributed by atoms with Crippen molar-refractivity contribution in [1.82, 2.24) is 9.78 Å². The first-order valence-electron chi connectivity index (χ1n) is 7.21. The first-order chi connectivity index (χ1) is 12.0. The zero-order chi connectivity index (χ0) is 19.6. The van der Waals surface area contributed by atoms with Crippen LogP contribution < -0.4 is 4.74 Å². The van der Waals surface area contributed by atoms with E-state index in [1.165, 1.54) is 16.4 Å². The minimum atomic E-state index is -6.39. The van der Waals surface area contributed by atoms with Crippen LogP contribution in [0.5, 0.6) is 5.75 Å². The molecule has 0 saturated heterocycles. The van der Waals surface area contributed by atoms with E-state index in [0.717, 1.165) is 23.0 Å². The molecule has 0 aliphatic carbocycles. The molecule has 1 heterocycles. The third-order valence-corrected chi connectivity index (χ3v) is 4.15. The highest BCUT2D eigenvalue weighted by Crippen LogP contribution is 2.46. The fourth-order valence-electron chi connectivity index (χ4n) is 1.91. The number of hydrogen-bond acceptors (Lipinski definition) is 3. The minimum absolute atomic E-state index is 0.362. The van der Waals surface area contributed by atoms with Crippen molar-refractivity contribution >= 4 is 11.8 Å². The maximum atomic E-state index is 13.3. The highest BCUT2D eigenvalue weighted by molar-refractivity contribution is 7.99. The molecule has 0 N–H and O–H groups in total. The number of hydrogen-bond donors (Lipinski definition) is 0. The van der Waals surface area contributed by atoms with E-state index in [1.807, 2.05) is 6.92 Å². The zero-order valence-electron chi connectivity index (χ0n) is 13.2. The Bertz CT molecular complexity index is 746. The van der Waals surface area contributed by atoms with E-state index in [2.05, 4.69) is 9.84 Å². The molecule has 2 aromatic rings. The monoisotopic (exact) mass is 402 g/mol. The second-order valence-electron chi connectivity index (χ2n) is 5.09. The van der Waals surface area contributed by atoms with Gasteiger partial charge in [0.25, 0.3) is 0 Å². The average Bonchev–Trinajstić information content (AvgIpc) is 3.01. The topological polar surface area (TPSA) is 27.1 Å². The molecule has 11 heteroatoms. The summed E-state index contributed by atoms with van der Waals surface area (Å²) in [5.41, 5.74) is 0.585. The number of thioether (sulfide) groups is 1. The summed E-state index contributed by atoms with van der Waals surface area (Å²) >= 11 is 1.48. The van der Waals surface area contributed by atoms with E-state index < -0.39 is 24.6 Å². The van der Waals surface area contributed by atoms with Gasteiger partial charge in [-0.3, -0.25) is 0 Å². The van der Waals surface area contributed by atoms with Crippen LogP contribution in [-0.4, -0.2) is 40.2 Å². The lowest BCUT2D eigenvalue weighted by Crippen LogP contribution is -2.54. The molecule has 1 aromatic carbocycles. The Kier molecular flexibility index (Phi) is 5.79. The van der Waals surface area contributed by atoms with Crippen LogP contribution >= 0.6 is 11.8 Å². The van der Waals surface area contributed by atoms with Crippen LogP contribution in [0.1, 0.15) is 6.92 Å². The summed E-state index contributed by atoms with van der Waals surface area (Å²) in [6, 6.07) is 6.96. The molecule has 0 unspecified atom stereocenters. The van der Waals surface area contributed by atoms with Gasteiger partial charge in [-0.05, 0) is 17.9 Å². The first kappa shape index (κ1) is 20.4. The lowest BCUT2D eigenvalue weighted by molar-refractivity contribution is -0.358. The highest BCUT2D eigenvalue weighted by atomic mass is 32.2. The number of aromatic nitrogens is 2. The number of para-hydroxylation sites is 1. The molecule has 2 rings (SSSR count). The Morgan fingerprint density at radius 3 is 2.35 bits per heavy atom. The van der Waals surface area contributed by atoms with Gasteiger partial charge in [-0.25, -0.2) is 4.68 Å². The fraction of sp³-hybridized carbons (Fsp3) is 0.400. The number of alkyl halides is 7. The fourth-order valence-corrected chi connectivity index (χ4v) is 2.70. The third-order valence-electron chi connectivity index (χ3n) is 3.21. The maximum Gasteiger partial charge on any atom is 0.460 e. The van der Waals surface area contributed by atoms with Gasteiger partial charge in [-0.2, -0.15) is 35.8 Å². The predicted octanol–water partition coefficient (Wildman–Crippen LogP) is 5.20. The molecular weight excluding hydrogens is 389 g/mol. The summed E-state index contributed by atoms with van der Waals surface area (Å²) in [5.74, 6) is -11.2. The van der Waals surface area contributed by atoms with Gasteiger partial charge < -0.3 is 4.74 Å². The number of halogens is 7. The van der Waals surface area contributed by atoms with Crippen molar-refractivity contribution in [3.05, 3.63) is 36.7 Å². The Morgan fingerprint density at radius 1 is 1.08 bits per heavy atom. The van der Waals surface area contributed by atoms with Crippen molar-refractivity contribution in [2.24, 2.45) is 0 Å². The Hall–Kier alpha value is -1.91. The normalized spacial score (nSPS) is 13.1. The second-order valence-corrected chi connectivity index (χ2v) is 6.39. The lowest BCUT2D eigenvalue weighted by atomic mass is 10.2. The van der Waals surface area contributed by atoms with E-state index in [4.69, 9.17) is 0 Å². The number of ether oxygens (including phenoxy) is 1. The third kappa shape index (κ3) is 4.08. The minimum Gasteiger partial charge on any atom is -0.484 e. The SMILES string of the molecule is CCSc1ccccc1-n1cc(OCC(F)(F)C(F)(F)C(F)(F)F)cn1. The van der Waals surface area contributed by atoms with E-state index in [0.29, 0.717) is 5.69 Å². The van der Waals surface area contributed by atoms with Crippen molar-refractivity contribution in [3.8, 4) is 11.4 Å². The van der Waals surface area contributed by atoms with Crippen molar-refractivity contribution < 1.29 is 35.5 Å². The first-order valence-corrected chi connectivity index (χ1v) is 8.20. The maximum absolute atomic E-state index is 13.3. The van der Waals surface area contributed by atoms with E-state index >= 15 is 0 Å². The summed E-state index contributed by atoms with van der Waals surface area (Å²) in [4.78, 5) is 0.818. The molecule has 0 fully saturated rings. The van der Waals surface area contributed by atoms with Crippen LogP contribution in [0.2, 0.25) is 0 Å². The van der Waals surface area contributed by atoms with Gasteiger partial charge in [0.05, 0.1) is 18.1 Å². The molecule has 0 saturated carbocycles. The number of rotatable bonds is 7. The largest absolute Gasteiger partial charge is 0.484 e. The molecule has 0 aliphatic heterocycles. The molecular formula is C15H13F7N2OS. The molecule has 0 spiro atoms. The van der Waals surface area contributed by atoms with Crippen molar-refractivity contribution in [2.45, 2.75) is 29.8 Å². The summed E-state index contributed by atoms with van der Waals surface area (Å²) in [5, 5.41) is 3.86. The number of nitrogens with zero attached hydrogens (tertiary/aromatic N) is 2. The van der Waals surface area contributed by atoms with Gasteiger partial charge in [-0.15, -0.1) is 11.8 Å². The molecule has 0 bridgehead atoms. The second kappa shape index (κ2) is 7.37. The van der Waals surface area contributed by atoms with Crippen LogP contribution in [0, 0.1) is 0 Å². The molecule has 144 valence electrons. The summed E-state index contributed by atoms with van der Waals surface area (Å²) < 4.78 is 94.2. The van der Waals surface area contributed by atoms with Crippen LogP contribution in [-0.2, 0) is 0 Å². The van der Waals surface area contributed by atoms with Crippen molar-refractivity contribution in [3.63, 3.8) is 0 Å². The van der Waals surface area contributed by atoms with Crippen molar-refractivity contribution in [2.75, 3.05) is 12.4 Å². The van der Waals surface area contributed by atoms with Gasteiger partial charge in [0.1, 0.15) is 0 Å². The van der Waals surface area contributed by atoms with Gasteiger partial charge in [0.2, 0.25) is 0 Å².